The zero-order valence-corrected chi connectivity index (χ0v) is 23.2. The van der Waals surface area contributed by atoms with Gasteiger partial charge in [0, 0.05) is 0 Å². The van der Waals surface area contributed by atoms with Gasteiger partial charge in [-0.05, 0) is 33.0 Å². The summed E-state index contributed by atoms with van der Waals surface area (Å²) in [7, 11) is -2.53. The highest BCUT2D eigenvalue weighted by molar-refractivity contribution is 6.99. The number of hydrogen-bond acceptors (Lipinski definition) is 2. The topological polar surface area (TPSA) is 18.5 Å². The molecule has 37 heavy (non-hydrogen) atoms. The zero-order valence-electron chi connectivity index (χ0n) is 22.2. The van der Waals surface area contributed by atoms with Crippen molar-refractivity contribution in [2.45, 2.75) is 44.9 Å². The average molecular weight is 507 g/mol. The third kappa shape index (κ3) is 6.75. The van der Waals surface area contributed by atoms with Gasteiger partial charge in [0.1, 0.15) is 0 Å². The standard InChI is InChI=1S/C34H38O2Si/c1-34(2,3)37(31-22-12-6-13-23-31,32-24-14-7-15-25-32)36-27-17-16-26-33(30-20-10-5-11-21-30)35-28-29-18-8-4-9-19-29/h4-25,33H,26-28H2,1-3H3/b17-16+/t33-/m1/s1. The molecule has 2 nitrogen and oxygen atoms in total. The van der Waals surface area contributed by atoms with E-state index in [0.717, 1.165) is 6.42 Å². The van der Waals surface area contributed by atoms with Crippen LogP contribution in [0.25, 0.3) is 0 Å². The zero-order chi connectivity index (χ0) is 26.0. The number of benzene rings is 4. The lowest BCUT2D eigenvalue weighted by Crippen LogP contribution is -2.66. The van der Waals surface area contributed by atoms with E-state index in [-0.39, 0.29) is 11.1 Å². The minimum Gasteiger partial charge on any atom is -0.404 e. The van der Waals surface area contributed by atoms with Crippen LogP contribution in [0.2, 0.25) is 5.04 Å². The van der Waals surface area contributed by atoms with Crippen LogP contribution >= 0.6 is 0 Å². The molecule has 0 saturated heterocycles. The van der Waals surface area contributed by atoms with Crippen LogP contribution in [-0.2, 0) is 15.8 Å². The molecular formula is C34H38O2Si. The van der Waals surface area contributed by atoms with Crippen LogP contribution < -0.4 is 10.4 Å². The summed E-state index contributed by atoms with van der Waals surface area (Å²) in [6, 6.07) is 42.4. The molecule has 0 radical (unpaired) electrons. The van der Waals surface area contributed by atoms with Crippen LogP contribution in [0.15, 0.2) is 133 Å². The van der Waals surface area contributed by atoms with Gasteiger partial charge in [-0.3, -0.25) is 0 Å². The van der Waals surface area contributed by atoms with Crippen LogP contribution in [0.4, 0.5) is 0 Å². The summed E-state index contributed by atoms with van der Waals surface area (Å²) in [5.41, 5.74) is 2.37. The van der Waals surface area contributed by atoms with E-state index in [1.807, 2.05) is 12.1 Å². The molecule has 0 heterocycles. The minimum atomic E-state index is -2.53. The van der Waals surface area contributed by atoms with Gasteiger partial charge < -0.3 is 9.16 Å². The van der Waals surface area contributed by atoms with Crippen molar-refractivity contribution in [3.63, 3.8) is 0 Å². The van der Waals surface area contributed by atoms with E-state index in [2.05, 4.69) is 142 Å². The Morgan fingerprint density at radius 2 is 1.14 bits per heavy atom. The van der Waals surface area contributed by atoms with Crippen molar-refractivity contribution in [3.05, 3.63) is 145 Å². The fraction of sp³-hybridized carbons (Fsp3) is 0.235. The lowest BCUT2D eigenvalue weighted by atomic mass is 10.1. The summed E-state index contributed by atoms with van der Waals surface area (Å²) in [5.74, 6) is 0. The van der Waals surface area contributed by atoms with Gasteiger partial charge in [-0.15, -0.1) is 0 Å². The van der Waals surface area contributed by atoms with Crippen LogP contribution in [0.3, 0.4) is 0 Å². The second-order valence-corrected chi connectivity index (χ2v) is 14.7. The number of ether oxygens (including phenoxy) is 1. The average Bonchev–Trinajstić information content (AvgIpc) is 2.94. The predicted octanol–water partition coefficient (Wildman–Crippen LogP) is 7.47. The predicted molar refractivity (Wildman–Crippen MR) is 158 cm³/mol. The molecule has 0 aliphatic heterocycles. The monoisotopic (exact) mass is 506 g/mol. The van der Waals surface area contributed by atoms with Gasteiger partial charge in [-0.25, -0.2) is 0 Å². The first kappa shape index (κ1) is 26.8. The van der Waals surface area contributed by atoms with Crippen LogP contribution in [0.1, 0.15) is 44.4 Å². The van der Waals surface area contributed by atoms with Gasteiger partial charge in [0.05, 0.1) is 19.3 Å². The first-order valence-corrected chi connectivity index (χ1v) is 15.0. The van der Waals surface area contributed by atoms with E-state index in [4.69, 9.17) is 9.16 Å². The molecule has 0 N–H and O–H groups in total. The van der Waals surface area contributed by atoms with E-state index in [0.29, 0.717) is 13.2 Å². The Bertz CT molecular complexity index is 1180. The van der Waals surface area contributed by atoms with Gasteiger partial charge in [-0.1, -0.05) is 154 Å². The molecule has 190 valence electrons. The number of rotatable bonds is 11. The first-order valence-electron chi connectivity index (χ1n) is 13.1. The first-order chi connectivity index (χ1) is 18.0. The van der Waals surface area contributed by atoms with Gasteiger partial charge in [0.15, 0.2) is 0 Å². The lowest BCUT2D eigenvalue weighted by molar-refractivity contribution is 0.0416. The highest BCUT2D eigenvalue weighted by Crippen LogP contribution is 2.36. The Morgan fingerprint density at radius 3 is 1.65 bits per heavy atom. The quantitative estimate of drug-likeness (QED) is 0.155. The fourth-order valence-corrected chi connectivity index (χ4v) is 9.46. The van der Waals surface area contributed by atoms with Crippen molar-refractivity contribution in [2.75, 3.05) is 6.61 Å². The third-order valence-electron chi connectivity index (χ3n) is 6.80. The molecule has 0 fully saturated rings. The summed E-state index contributed by atoms with van der Waals surface area (Å²) < 4.78 is 13.4. The highest BCUT2D eigenvalue weighted by Gasteiger charge is 2.49. The smallest absolute Gasteiger partial charge is 0.261 e. The summed E-state index contributed by atoms with van der Waals surface area (Å²) >= 11 is 0. The second kappa shape index (κ2) is 12.8. The van der Waals surface area contributed by atoms with Gasteiger partial charge in [0.25, 0.3) is 8.32 Å². The summed E-state index contributed by atoms with van der Waals surface area (Å²) in [6.45, 7) is 8.09. The summed E-state index contributed by atoms with van der Waals surface area (Å²) in [4.78, 5) is 0. The molecule has 4 aromatic carbocycles. The molecule has 1 atom stereocenters. The molecule has 0 aliphatic carbocycles. The van der Waals surface area contributed by atoms with Crippen LogP contribution in [-0.4, -0.2) is 14.9 Å². The minimum absolute atomic E-state index is 0.00878. The van der Waals surface area contributed by atoms with Crippen molar-refractivity contribution in [3.8, 4) is 0 Å². The Kier molecular flexibility index (Phi) is 9.29. The maximum absolute atomic E-state index is 6.99. The van der Waals surface area contributed by atoms with Gasteiger partial charge in [0.2, 0.25) is 0 Å². The van der Waals surface area contributed by atoms with Crippen LogP contribution in [0, 0.1) is 0 Å². The molecule has 0 bridgehead atoms. The van der Waals surface area contributed by atoms with E-state index < -0.39 is 8.32 Å². The second-order valence-electron chi connectivity index (χ2n) is 10.4. The molecule has 0 aromatic heterocycles. The van der Waals surface area contributed by atoms with Crippen molar-refractivity contribution < 1.29 is 9.16 Å². The van der Waals surface area contributed by atoms with E-state index in [9.17, 15) is 0 Å². The molecule has 3 heteroatoms. The van der Waals surface area contributed by atoms with Gasteiger partial charge in [-0.2, -0.15) is 0 Å². The van der Waals surface area contributed by atoms with E-state index in [1.54, 1.807) is 0 Å². The van der Waals surface area contributed by atoms with E-state index >= 15 is 0 Å². The van der Waals surface area contributed by atoms with Gasteiger partial charge >= 0.3 is 0 Å². The summed E-state index contributed by atoms with van der Waals surface area (Å²) in [6.07, 6.45) is 5.16. The van der Waals surface area contributed by atoms with Crippen molar-refractivity contribution in [1.82, 2.24) is 0 Å². The fourth-order valence-electron chi connectivity index (χ4n) is 4.96. The molecule has 4 rings (SSSR count). The highest BCUT2D eigenvalue weighted by atomic mass is 28.4. The molecule has 0 unspecified atom stereocenters. The SMILES string of the molecule is CC(C)(C)[Si](OC/C=C/C[C@@H](OCc1ccccc1)c1ccccc1)(c1ccccc1)c1ccccc1. The van der Waals surface area contributed by atoms with Crippen molar-refractivity contribution in [1.29, 1.82) is 0 Å². The number of hydrogen-bond donors (Lipinski definition) is 0. The molecule has 4 aromatic rings. The Morgan fingerprint density at radius 1 is 0.649 bits per heavy atom. The normalized spacial score (nSPS) is 13.1. The maximum atomic E-state index is 6.99. The third-order valence-corrected chi connectivity index (χ3v) is 11.8. The van der Waals surface area contributed by atoms with E-state index in [1.165, 1.54) is 21.5 Å². The molecule has 0 spiro atoms. The molecule has 0 aliphatic rings. The summed E-state index contributed by atoms with van der Waals surface area (Å²) in [5, 5.41) is 2.57. The largest absolute Gasteiger partial charge is 0.404 e. The van der Waals surface area contributed by atoms with Crippen molar-refractivity contribution >= 4 is 18.7 Å². The maximum Gasteiger partial charge on any atom is 0.261 e. The Labute approximate surface area is 223 Å². The van der Waals surface area contributed by atoms with Crippen LogP contribution in [0.5, 0.6) is 0 Å². The Balaban J connectivity index is 1.51. The van der Waals surface area contributed by atoms with Crippen molar-refractivity contribution in [2.24, 2.45) is 0 Å². The lowest BCUT2D eigenvalue weighted by Gasteiger charge is -2.42. The molecule has 0 saturated carbocycles. The molecule has 0 amide bonds. The molecular weight excluding hydrogens is 468 g/mol. The Hall–Kier alpha value is -3.24.